The third-order valence-electron chi connectivity index (χ3n) is 6.87. The molecule has 1 atom stereocenters. The molecule has 5 aromatic rings. The topological polar surface area (TPSA) is 115 Å². The highest BCUT2D eigenvalue weighted by atomic mass is 16.1. The van der Waals surface area contributed by atoms with Gasteiger partial charge in [-0.3, -0.25) is 18.8 Å². The summed E-state index contributed by atoms with van der Waals surface area (Å²) in [5.74, 6) is -0.480. The second kappa shape index (κ2) is 8.12. The number of rotatable bonds is 4. The smallest absolute Gasteiger partial charge is 0.261 e. The number of carbonyl (C=O) groups is 1. The molecule has 6 rings (SSSR count). The Balaban J connectivity index is 1.41. The van der Waals surface area contributed by atoms with Gasteiger partial charge in [0, 0.05) is 48.7 Å². The average Bonchev–Trinajstić information content (AvgIpc) is 3.50. The first-order valence-electron chi connectivity index (χ1n) is 11.6. The molecule has 9 nitrogen and oxygen atoms in total. The average molecular weight is 468 g/mol. The Labute approximate surface area is 200 Å². The molecule has 1 amide bonds. The summed E-state index contributed by atoms with van der Waals surface area (Å²) in [6.07, 6.45) is 7.20. The molecular weight excluding hydrogens is 442 g/mol. The maximum Gasteiger partial charge on any atom is 0.261 e. The van der Waals surface area contributed by atoms with Crippen molar-refractivity contribution in [2.75, 3.05) is 18.0 Å². The van der Waals surface area contributed by atoms with E-state index in [2.05, 4.69) is 20.0 Å². The number of carbonyl (C=O) groups excluding carboxylic acids is 1. The van der Waals surface area contributed by atoms with Crippen LogP contribution in [-0.2, 0) is 7.05 Å². The van der Waals surface area contributed by atoms with Gasteiger partial charge >= 0.3 is 0 Å². The van der Waals surface area contributed by atoms with Crippen LogP contribution in [-0.4, -0.2) is 43.3 Å². The van der Waals surface area contributed by atoms with E-state index in [1.165, 1.54) is 0 Å². The van der Waals surface area contributed by atoms with E-state index in [0.29, 0.717) is 28.5 Å². The van der Waals surface area contributed by atoms with Gasteiger partial charge in [-0.15, -0.1) is 0 Å². The molecule has 3 N–H and O–H groups in total. The molecule has 0 saturated carbocycles. The van der Waals surface area contributed by atoms with Crippen LogP contribution in [0, 0.1) is 0 Å². The minimum absolute atomic E-state index is 0.00374. The lowest BCUT2D eigenvalue weighted by Crippen LogP contribution is -2.40. The van der Waals surface area contributed by atoms with Crippen molar-refractivity contribution < 1.29 is 4.79 Å². The minimum Gasteiger partial charge on any atom is -0.369 e. The Hall–Kier alpha value is -4.40. The first kappa shape index (κ1) is 21.2. The maximum atomic E-state index is 13.2. The summed E-state index contributed by atoms with van der Waals surface area (Å²) in [4.78, 5) is 35.5. The van der Waals surface area contributed by atoms with Gasteiger partial charge in [0.05, 0.1) is 40.5 Å². The lowest BCUT2D eigenvalue weighted by molar-refractivity contribution is 0.100. The number of fused-ring (bicyclic) bond motifs is 2. The maximum absolute atomic E-state index is 13.2. The number of benzene rings is 2. The van der Waals surface area contributed by atoms with Crippen molar-refractivity contribution in [3.05, 3.63) is 77.1 Å². The summed E-state index contributed by atoms with van der Waals surface area (Å²) < 4.78 is 3.50. The molecule has 1 aliphatic heterocycles. The third kappa shape index (κ3) is 3.56. The predicted octanol–water partition coefficient (Wildman–Crippen LogP) is 3.22. The second-order valence-electron chi connectivity index (χ2n) is 9.09. The van der Waals surface area contributed by atoms with Crippen LogP contribution in [0.25, 0.3) is 33.1 Å². The number of hydrogen-bond donors (Lipinski definition) is 2. The standard InChI is InChI=1S/C26H25N7O2/c1-31-13-16(12-29-31)22-11-20-23(9-8-19(25(27)34)24(20)30-22)32-10-4-5-17(14-32)33-15-28-21-7-3-2-6-18(21)26(33)35/h2-3,6-9,11-13,15,17,30H,4-5,10,14H2,1H3,(H2,27,34)/t17-/m1/s1. The van der Waals surface area contributed by atoms with Gasteiger partial charge in [0.15, 0.2) is 0 Å². The third-order valence-corrected chi connectivity index (χ3v) is 6.87. The van der Waals surface area contributed by atoms with Crippen molar-refractivity contribution in [1.82, 2.24) is 24.3 Å². The normalized spacial score (nSPS) is 16.3. The number of hydrogen-bond acceptors (Lipinski definition) is 5. The SMILES string of the molecule is Cn1cc(-c2cc3c(N4CCC[C@@H](n5cnc6ccccc6c5=O)C4)ccc(C(N)=O)c3[nH]2)cn1. The highest BCUT2D eigenvalue weighted by Crippen LogP contribution is 2.36. The van der Waals surface area contributed by atoms with Crippen molar-refractivity contribution in [3.8, 4) is 11.3 Å². The number of amides is 1. The highest BCUT2D eigenvalue weighted by Gasteiger charge is 2.25. The van der Waals surface area contributed by atoms with Gasteiger partial charge in [-0.25, -0.2) is 4.98 Å². The van der Waals surface area contributed by atoms with Crippen molar-refractivity contribution >= 4 is 33.4 Å². The second-order valence-corrected chi connectivity index (χ2v) is 9.09. The lowest BCUT2D eigenvalue weighted by Gasteiger charge is -2.35. The summed E-state index contributed by atoms with van der Waals surface area (Å²) in [7, 11) is 1.86. The number of nitrogens with two attached hydrogens (primary N) is 1. The van der Waals surface area contributed by atoms with E-state index in [1.807, 2.05) is 49.6 Å². The Bertz CT molecular complexity index is 1640. The summed E-state index contributed by atoms with van der Waals surface area (Å²) in [6.45, 7) is 1.52. The zero-order valence-corrected chi connectivity index (χ0v) is 19.3. The largest absolute Gasteiger partial charge is 0.369 e. The number of nitrogens with zero attached hydrogens (tertiary/aromatic N) is 5. The van der Waals surface area contributed by atoms with Crippen molar-refractivity contribution in [2.45, 2.75) is 18.9 Å². The van der Waals surface area contributed by atoms with Crippen LogP contribution in [0.4, 0.5) is 5.69 Å². The molecule has 2 aromatic carbocycles. The number of aryl methyl sites for hydroxylation is 1. The van der Waals surface area contributed by atoms with Crippen LogP contribution < -0.4 is 16.2 Å². The summed E-state index contributed by atoms with van der Waals surface area (Å²) in [5, 5.41) is 5.82. The fourth-order valence-electron chi connectivity index (χ4n) is 5.14. The predicted molar refractivity (Wildman–Crippen MR) is 136 cm³/mol. The van der Waals surface area contributed by atoms with Gasteiger partial charge in [-0.2, -0.15) is 5.10 Å². The fourth-order valence-corrected chi connectivity index (χ4v) is 5.14. The number of nitrogens with one attached hydrogen (secondary N) is 1. The Kier molecular flexibility index (Phi) is 4.91. The molecule has 1 saturated heterocycles. The quantitative estimate of drug-likeness (QED) is 0.421. The van der Waals surface area contributed by atoms with E-state index >= 15 is 0 Å². The number of aromatic nitrogens is 5. The molecule has 1 aliphatic rings. The van der Waals surface area contributed by atoms with Gasteiger partial charge in [0.25, 0.3) is 11.5 Å². The summed E-state index contributed by atoms with van der Waals surface area (Å²) in [6, 6.07) is 13.2. The summed E-state index contributed by atoms with van der Waals surface area (Å²) in [5.41, 5.74) is 10.3. The zero-order valence-electron chi connectivity index (χ0n) is 19.3. The van der Waals surface area contributed by atoms with Crippen LogP contribution in [0.5, 0.6) is 0 Å². The van der Waals surface area contributed by atoms with E-state index in [4.69, 9.17) is 5.73 Å². The molecule has 4 heterocycles. The van der Waals surface area contributed by atoms with E-state index in [0.717, 1.165) is 41.7 Å². The van der Waals surface area contributed by atoms with Gasteiger partial charge in [0.2, 0.25) is 0 Å². The van der Waals surface area contributed by atoms with Crippen LogP contribution >= 0.6 is 0 Å². The number of piperidine rings is 1. The highest BCUT2D eigenvalue weighted by molar-refractivity contribution is 6.09. The molecule has 0 aliphatic carbocycles. The van der Waals surface area contributed by atoms with Gasteiger partial charge in [-0.1, -0.05) is 12.1 Å². The van der Waals surface area contributed by atoms with E-state index < -0.39 is 5.91 Å². The van der Waals surface area contributed by atoms with Gasteiger partial charge < -0.3 is 15.6 Å². The van der Waals surface area contributed by atoms with E-state index in [1.54, 1.807) is 27.8 Å². The molecule has 35 heavy (non-hydrogen) atoms. The monoisotopic (exact) mass is 467 g/mol. The molecule has 1 fully saturated rings. The Morgan fingerprint density at radius 3 is 2.83 bits per heavy atom. The number of aromatic amines is 1. The van der Waals surface area contributed by atoms with Crippen LogP contribution in [0.15, 0.2) is 66.0 Å². The summed E-state index contributed by atoms with van der Waals surface area (Å²) >= 11 is 0. The van der Waals surface area contributed by atoms with Crippen LogP contribution in [0.3, 0.4) is 0 Å². The lowest BCUT2D eigenvalue weighted by atomic mass is 10.0. The molecule has 0 bridgehead atoms. The Morgan fingerprint density at radius 2 is 2.03 bits per heavy atom. The molecule has 176 valence electrons. The molecule has 3 aromatic heterocycles. The molecular formula is C26H25N7O2. The van der Waals surface area contributed by atoms with E-state index in [9.17, 15) is 9.59 Å². The molecule has 9 heteroatoms. The Morgan fingerprint density at radius 1 is 1.17 bits per heavy atom. The number of para-hydroxylation sites is 1. The van der Waals surface area contributed by atoms with Crippen LogP contribution in [0.1, 0.15) is 29.2 Å². The number of H-pyrrole nitrogens is 1. The van der Waals surface area contributed by atoms with Gasteiger partial charge in [-0.05, 0) is 43.2 Å². The van der Waals surface area contributed by atoms with Crippen molar-refractivity contribution in [3.63, 3.8) is 0 Å². The number of anilines is 1. The van der Waals surface area contributed by atoms with Crippen molar-refractivity contribution in [1.29, 1.82) is 0 Å². The van der Waals surface area contributed by atoms with Gasteiger partial charge in [0.1, 0.15) is 0 Å². The minimum atomic E-state index is -0.480. The fraction of sp³-hybridized carbons (Fsp3) is 0.231. The van der Waals surface area contributed by atoms with E-state index in [-0.39, 0.29) is 11.6 Å². The zero-order chi connectivity index (χ0) is 24.1. The number of primary amides is 1. The first-order valence-corrected chi connectivity index (χ1v) is 11.6. The van der Waals surface area contributed by atoms with Crippen molar-refractivity contribution in [2.24, 2.45) is 12.8 Å². The molecule has 0 radical (unpaired) electrons. The first-order chi connectivity index (χ1) is 17.0. The molecule has 0 unspecified atom stereocenters. The molecule has 0 spiro atoms. The van der Waals surface area contributed by atoms with Crippen LogP contribution in [0.2, 0.25) is 0 Å².